The molecule has 1 aromatic carbocycles. The Morgan fingerprint density at radius 2 is 2.00 bits per heavy atom. The number of hydrogen-bond acceptors (Lipinski definition) is 1. The van der Waals surface area contributed by atoms with Crippen molar-refractivity contribution in [2.75, 3.05) is 0 Å². The van der Waals surface area contributed by atoms with Gasteiger partial charge in [0.25, 0.3) is 0 Å². The van der Waals surface area contributed by atoms with E-state index in [1.807, 2.05) is 0 Å². The first-order chi connectivity index (χ1) is 8.11. The maximum Gasteiger partial charge on any atom is 0.106 e. The van der Waals surface area contributed by atoms with Crippen molar-refractivity contribution >= 4 is 6.08 Å². The SMILES string of the molecule is C[C@]12C=C[C@](C)(O1)[C@H]1Cc3ccccc3C=C12. The van der Waals surface area contributed by atoms with E-state index in [1.54, 1.807) is 0 Å². The summed E-state index contributed by atoms with van der Waals surface area (Å²) in [7, 11) is 0. The molecule has 1 saturated heterocycles. The second-order valence-corrected chi connectivity index (χ2v) is 5.78. The minimum Gasteiger partial charge on any atom is -0.356 e. The molecule has 2 heterocycles. The molecule has 4 rings (SSSR count). The lowest BCUT2D eigenvalue weighted by Crippen LogP contribution is -2.32. The second-order valence-electron chi connectivity index (χ2n) is 5.78. The molecule has 0 radical (unpaired) electrons. The molecule has 0 unspecified atom stereocenters. The Balaban J connectivity index is 1.94. The van der Waals surface area contributed by atoms with Crippen molar-refractivity contribution < 1.29 is 4.74 Å². The Hall–Kier alpha value is -1.34. The fourth-order valence-electron chi connectivity index (χ4n) is 3.65. The molecule has 1 nitrogen and oxygen atoms in total. The van der Waals surface area contributed by atoms with Crippen LogP contribution in [0, 0.1) is 5.92 Å². The zero-order chi connectivity index (χ0) is 11.7. The summed E-state index contributed by atoms with van der Waals surface area (Å²) in [6, 6.07) is 8.69. The Bertz CT molecular complexity index is 569. The maximum absolute atomic E-state index is 6.25. The van der Waals surface area contributed by atoms with Gasteiger partial charge in [-0.15, -0.1) is 0 Å². The number of ether oxygens (including phenoxy) is 1. The van der Waals surface area contributed by atoms with Crippen molar-refractivity contribution in [3.05, 3.63) is 53.1 Å². The monoisotopic (exact) mass is 224 g/mol. The quantitative estimate of drug-likeness (QED) is 0.614. The first-order valence-electron chi connectivity index (χ1n) is 6.31. The average Bonchev–Trinajstić information content (AvgIpc) is 2.75. The van der Waals surface area contributed by atoms with Crippen molar-refractivity contribution in [1.82, 2.24) is 0 Å². The van der Waals surface area contributed by atoms with Crippen LogP contribution in [0.5, 0.6) is 0 Å². The van der Waals surface area contributed by atoms with Crippen LogP contribution in [-0.2, 0) is 11.2 Å². The van der Waals surface area contributed by atoms with Crippen molar-refractivity contribution in [3.8, 4) is 0 Å². The minimum absolute atomic E-state index is 0.0892. The van der Waals surface area contributed by atoms with Crippen LogP contribution in [0.15, 0.2) is 42.0 Å². The van der Waals surface area contributed by atoms with E-state index < -0.39 is 0 Å². The van der Waals surface area contributed by atoms with E-state index in [0.717, 1.165) is 6.42 Å². The zero-order valence-corrected chi connectivity index (χ0v) is 10.2. The zero-order valence-electron chi connectivity index (χ0n) is 10.2. The Morgan fingerprint density at radius 1 is 1.18 bits per heavy atom. The number of rotatable bonds is 0. The molecule has 0 aromatic heterocycles. The summed E-state index contributed by atoms with van der Waals surface area (Å²) < 4.78 is 6.25. The van der Waals surface area contributed by atoms with Crippen LogP contribution in [0.25, 0.3) is 6.08 Å². The van der Waals surface area contributed by atoms with E-state index in [-0.39, 0.29) is 11.2 Å². The van der Waals surface area contributed by atoms with Gasteiger partial charge < -0.3 is 4.74 Å². The van der Waals surface area contributed by atoms with Gasteiger partial charge in [0.2, 0.25) is 0 Å². The molecule has 1 aromatic rings. The van der Waals surface area contributed by atoms with Crippen molar-refractivity contribution in [1.29, 1.82) is 0 Å². The highest BCUT2D eigenvalue weighted by atomic mass is 16.5. The molecule has 2 aliphatic heterocycles. The molecule has 86 valence electrons. The van der Waals surface area contributed by atoms with E-state index >= 15 is 0 Å². The molecule has 1 aliphatic carbocycles. The van der Waals surface area contributed by atoms with Gasteiger partial charge in [0.1, 0.15) is 5.60 Å². The molecule has 0 spiro atoms. The molecular weight excluding hydrogens is 208 g/mol. The highest BCUT2D eigenvalue weighted by Crippen LogP contribution is 2.56. The largest absolute Gasteiger partial charge is 0.356 e. The summed E-state index contributed by atoms with van der Waals surface area (Å²) in [4.78, 5) is 0. The molecule has 17 heavy (non-hydrogen) atoms. The van der Waals surface area contributed by atoms with Gasteiger partial charge in [-0.3, -0.25) is 0 Å². The van der Waals surface area contributed by atoms with Crippen LogP contribution in [0.4, 0.5) is 0 Å². The van der Waals surface area contributed by atoms with Gasteiger partial charge in [0.05, 0.1) is 5.60 Å². The van der Waals surface area contributed by atoms with Gasteiger partial charge >= 0.3 is 0 Å². The first-order valence-corrected chi connectivity index (χ1v) is 6.31. The third-order valence-electron chi connectivity index (χ3n) is 4.59. The topological polar surface area (TPSA) is 9.23 Å². The lowest BCUT2D eigenvalue weighted by Gasteiger charge is -2.31. The Morgan fingerprint density at radius 3 is 2.88 bits per heavy atom. The summed E-state index contributed by atoms with van der Waals surface area (Å²) >= 11 is 0. The lowest BCUT2D eigenvalue weighted by molar-refractivity contribution is -0.0171. The van der Waals surface area contributed by atoms with Crippen LogP contribution < -0.4 is 0 Å². The van der Waals surface area contributed by atoms with Crippen LogP contribution >= 0.6 is 0 Å². The summed E-state index contributed by atoms with van der Waals surface area (Å²) in [5, 5.41) is 0. The number of fused-ring (bicyclic) bond motifs is 6. The van der Waals surface area contributed by atoms with Gasteiger partial charge in [-0.25, -0.2) is 0 Å². The van der Waals surface area contributed by atoms with Gasteiger partial charge in [-0.05, 0) is 37.0 Å². The van der Waals surface area contributed by atoms with Crippen LogP contribution in [0.3, 0.4) is 0 Å². The van der Waals surface area contributed by atoms with E-state index in [0.29, 0.717) is 5.92 Å². The van der Waals surface area contributed by atoms with Crippen LogP contribution in [-0.4, -0.2) is 11.2 Å². The number of hydrogen-bond donors (Lipinski definition) is 0. The van der Waals surface area contributed by atoms with Gasteiger partial charge in [-0.2, -0.15) is 0 Å². The van der Waals surface area contributed by atoms with Gasteiger partial charge in [0, 0.05) is 5.92 Å². The van der Waals surface area contributed by atoms with Crippen LogP contribution in [0.2, 0.25) is 0 Å². The fraction of sp³-hybridized carbons (Fsp3) is 0.375. The van der Waals surface area contributed by atoms with Gasteiger partial charge in [-0.1, -0.05) is 42.5 Å². The van der Waals surface area contributed by atoms with E-state index in [4.69, 9.17) is 4.74 Å². The summed E-state index contributed by atoms with van der Waals surface area (Å²) in [6.07, 6.45) is 7.93. The van der Waals surface area contributed by atoms with E-state index in [1.165, 1.54) is 16.7 Å². The Kier molecular flexibility index (Phi) is 1.55. The summed E-state index contributed by atoms with van der Waals surface area (Å²) in [5.41, 5.74) is 4.03. The highest BCUT2D eigenvalue weighted by molar-refractivity contribution is 5.66. The number of benzene rings is 1. The van der Waals surface area contributed by atoms with Crippen molar-refractivity contribution in [2.24, 2.45) is 5.92 Å². The summed E-state index contributed by atoms with van der Waals surface area (Å²) in [5.74, 6) is 0.521. The molecule has 3 aliphatic rings. The Labute approximate surface area is 102 Å². The van der Waals surface area contributed by atoms with Crippen molar-refractivity contribution in [2.45, 2.75) is 31.5 Å². The van der Waals surface area contributed by atoms with E-state index in [2.05, 4.69) is 56.3 Å². The molecule has 2 bridgehead atoms. The normalized spacial score (nSPS) is 41.1. The van der Waals surface area contributed by atoms with Gasteiger partial charge in [0.15, 0.2) is 0 Å². The van der Waals surface area contributed by atoms with E-state index in [9.17, 15) is 0 Å². The standard InChI is InChI=1S/C16H16O/c1-15-7-8-16(2,17-15)14-10-12-6-4-3-5-11(12)9-13(14)15/h3-9,14H,10H2,1-2H3/t14-,15+,16-/m0/s1. The molecule has 0 saturated carbocycles. The molecule has 0 N–H and O–H groups in total. The summed E-state index contributed by atoms with van der Waals surface area (Å²) in [6.45, 7) is 4.41. The molecule has 0 amide bonds. The smallest absolute Gasteiger partial charge is 0.106 e. The molecular formula is C16H16O. The maximum atomic E-state index is 6.25. The highest BCUT2D eigenvalue weighted by Gasteiger charge is 2.57. The van der Waals surface area contributed by atoms with Crippen LogP contribution in [0.1, 0.15) is 25.0 Å². The van der Waals surface area contributed by atoms with Crippen molar-refractivity contribution in [3.63, 3.8) is 0 Å². The third-order valence-corrected chi connectivity index (χ3v) is 4.59. The second kappa shape index (κ2) is 2.73. The average molecular weight is 224 g/mol. The predicted molar refractivity (Wildman–Crippen MR) is 68.6 cm³/mol. The minimum atomic E-state index is -0.160. The first kappa shape index (κ1) is 9.67. The predicted octanol–water partition coefficient (Wildman–Crippen LogP) is 3.36. The fourth-order valence-corrected chi connectivity index (χ4v) is 3.65. The molecule has 1 fully saturated rings. The molecule has 1 heteroatoms. The third kappa shape index (κ3) is 1.08. The molecule has 3 atom stereocenters. The lowest BCUT2D eigenvalue weighted by atomic mass is 9.70.